The molecule has 1 unspecified atom stereocenters. The molecule has 0 radical (unpaired) electrons. The third-order valence-electron chi connectivity index (χ3n) is 1.96. The molecule has 0 aliphatic rings. The Labute approximate surface area is 87.4 Å². The summed E-state index contributed by atoms with van der Waals surface area (Å²) in [4.78, 5) is 18.2. The molecule has 0 saturated heterocycles. The smallest absolute Gasteiger partial charge is 0.358 e. The maximum Gasteiger partial charge on any atom is 0.358 e. The summed E-state index contributed by atoms with van der Waals surface area (Å²) in [6.07, 6.45) is 3.56. The van der Waals surface area contributed by atoms with Crippen molar-refractivity contribution in [3.8, 4) is 0 Å². The number of aromatic nitrogens is 2. The Morgan fingerprint density at radius 3 is 3.07 bits per heavy atom. The van der Waals surface area contributed by atoms with Crippen LogP contribution in [-0.2, 0) is 4.74 Å². The van der Waals surface area contributed by atoms with Crippen LogP contribution in [0.25, 0.3) is 0 Å². The molecule has 0 bridgehead atoms. The number of nitrogens with one attached hydrogen (secondary N) is 1. The van der Waals surface area contributed by atoms with Gasteiger partial charge in [-0.1, -0.05) is 6.92 Å². The summed E-state index contributed by atoms with van der Waals surface area (Å²) in [7, 11) is 1.36. The van der Waals surface area contributed by atoms with Gasteiger partial charge in [0.25, 0.3) is 0 Å². The van der Waals surface area contributed by atoms with Crippen molar-refractivity contribution in [1.82, 2.24) is 9.97 Å². The number of rotatable bonds is 4. The summed E-state index contributed by atoms with van der Waals surface area (Å²) in [6.45, 7) is 2.05. The second-order valence-electron chi connectivity index (χ2n) is 3.01. The maximum atomic E-state index is 11.3. The first-order valence-corrected chi connectivity index (χ1v) is 5.70. The molecule has 14 heavy (non-hydrogen) atoms. The van der Waals surface area contributed by atoms with Crippen molar-refractivity contribution in [2.75, 3.05) is 19.1 Å². The minimum Gasteiger partial charge on any atom is -0.464 e. The number of thioether (sulfide) groups is 1. The predicted octanol–water partition coefficient (Wildman–Crippen LogP) is 1.66. The summed E-state index contributed by atoms with van der Waals surface area (Å²) in [5.41, 5.74) is 1.25. The second-order valence-corrected chi connectivity index (χ2v) is 3.92. The molecular formula is C9H14N2O2S. The van der Waals surface area contributed by atoms with Crippen LogP contribution < -0.4 is 0 Å². The normalized spacial score (nSPS) is 12.5. The van der Waals surface area contributed by atoms with E-state index in [0.29, 0.717) is 5.69 Å². The van der Waals surface area contributed by atoms with Crippen molar-refractivity contribution in [3.05, 3.63) is 17.7 Å². The first-order valence-electron chi connectivity index (χ1n) is 4.31. The van der Waals surface area contributed by atoms with Crippen molar-refractivity contribution in [2.24, 2.45) is 0 Å². The molecule has 0 spiro atoms. The van der Waals surface area contributed by atoms with Crippen LogP contribution in [0.1, 0.15) is 29.0 Å². The Hall–Kier alpha value is -0.970. The summed E-state index contributed by atoms with van der Waals surface area (Å²) in [5, 5.41) is 0. The second kappa shape index (κ2) is 5.05. The van der Waals surface area contributed by atoms with Crippen LogP contribution >= 0.6 is 11.8 Å². The third-order valence-corrected chi connectivity index (χ3v) is 2.79. The van der Waals surface area contributed by atoms with Crippen LogP contribution in [0.15, 0.2) is 6.33 Å². The standard InChI is InChI=1S/C9H14N2O2S/c1-6(4-14-3)7-8(9(12)13-2)11-5-10-7/h5-6H,4H2,1-3H3,(H,10,11). The maximum absolute atomic E-state index is 11.3. The van der Waals surface area contributed by atoms with Gasteiger partial charge in [-0.3, -0.25) is 0 Å². The van der Waals surface area contributed by atoms with E-state index in [9.17, 15) is 4.79 Å². The molecule has 1 atom stereocenters. The van der Waals surface area contributed by atoms with E-state index in [1.807, 2.05) is 6.26 Å². The molecule has 0 fully saturated rings. The van der Waals surface area contributed by atoms with E-state index in [1.165, 1.54) is 13.4 Å². The van der Waals surface area contributed by atoms with E-state index in [-0.39, 0.29) is 11.9 Å². The fourth-order valence-electron chi connectivity index (χ4n) is 1.27. The molecule has 1 N–H and O–H groups in total. The lowest BCUT2D eigenvalue weighted by atomic mass is 10.1. The topological polar surface area (TPSA) is 55.0 Å². The van der Waals surface area contributed by atoms with Gasteiger partial charge in [0.15, 0.2) is 5.69 Å². The number of methoxy groups -OCH3 is 1. The first kappa shape index (κ1) is 11.1. The van der Waals surface area contributed by atoms with E-state index in [2.05, 4.69) is 21.6 Å². The molecule has 0 amide bonds. The Kier molecular flexibility index (Phi) is 4.00. The van der Waals surface area contributed by atoms with Gasteiger partial charge in [-0.2, -0.15) is 11.8 Å². The average molecular weight is 214 g/mol. The minimum atomic E-state index is -0.380. The van der Waals surface area contributed by atoms with Gasteiger partial charge in [0.05, 0.1) is 19.1 Å². The monoisotopic (exact) mass is 214 g/mol. The van der Waals surface area contributed by atoms with Gasteiger partial charge in [-0.05, 0) is 6.26 Å². The Morgan fingerprint density at radius 2 is 2.50 bits per heavy atom. The molecule has 0 aromatic carbocycles. The molecule has 0 saturated carbocycles. The number of H-pyrrole nitrogens is 1. The highest BCUT2D eigenvalue weighted by atomic mass is 32.2. The Bertz CT molecular complexity index is 312. The SMILES string of the molecule is COC(=O)c1nc[nH]c1C(C)CSC. The van der Waals surface area contributed by atoms with Crippen LogP contribution in [0, 0.1) is 0 Å². The van der Waals surface area contributed by atoms with E-state index in [0.717, 1.165) is 11.4 Å². The highest BCUT2D eigenvalue weighted by Gasteiger charge is 2.18. The quantitative estimate of drug-likeness (QED) is 0.774. The first-order chi connectivity index (χ1) is 6.70. The number of imidazole rings is 1. The Balaban J connectivity index is 2.86. The molecule has 0 aliphatic carbocycles. The predicted molar refractivity (Wildman–Crippen MR) is 56.7 cm³/mol. The van der Waals surface area contributed by atoms with Crippen LogP contribution in [0.2, 0.25) is 0 Å². The van der Waals surface area contributed by atoms with E-state index < -0.39 is 0 Å². The molecule has 4 nitrogen and oxygen atoms in total. The van der Waals surface area contributed by atoms with Crippen molar-refractivity contribution < 1.29 is 9.53 Å². The minimum absolute atomic E-state index is 0.279. The van der Waals surface area contributed by atoms with Crippen molar-refractivity contribution >= 4 is 17.7 Å². The van der Waals surface area contributed by atoms with Gasteiger partial charge in [0.2, 0.25) is 0 Å². The van der Waals surface area contributed by atoms with Crippen molar-refractivity contribution in [3.63, 3.8) is 0 Å². The van der Waals surface area contributed by atoms with Crippen LogP contribution in [0.4, 0.5) is 0 Å². The molecule has 5 heteroatoms. The van der Waals surface area contributed by atoms with Gasteiger partial charge in [0, 0.05) is 11.7 Å². The number of esters is 1. The highest BCUT2D eigenvalue weighted by Crippen LogP contribution is 2.20. The summed E-state index contributed by atoms with van der Waals surface area (Å²) in [5.74, 6) is 0.849. The lowest BCUT2D eigenvalue weighted by Crippen LogP contribution is -2.09. The van der Waals surface area contributed by atoms with Crippen LogP contribution in [0.3, 0.4) is 0 Å². The molecule has 1 rings (SSSR count). The fourth-order valence-corrected chi connectivity index (χ4v) is 1.94. The number of hydrogen-bond donors (Lipinski definition) is 1. The van der Waals surface area contributed by atoms with Crippen molar-refractivity contribution in [1.29, 1.82) is 0 Å². The molecule has 1 heterocycles. The van der Waals surface area contributed by atoms with Gasteiger partial charge < -0.3 is 9.72 Å². The van der Waals surface area contributed by atoms with Crippen LogP contribution in [-0.4, -0.2) is 35.1 Å². The zero-order chi connectivity index (χ0) is 10.6. The zero-order valence-electron chi connectivity index (χ0n) is 8.53. The molecule has 0 aliphatic heterocycles. The van der Waals surface area contributed by atoms with E-state index in [1.54, 1.807) is 11.8 Å². The van der Waals surface area contributed by atoms with E-state index in [4.69, 9.17) is 0 Å². The number of nitrogens with zero attached hydrogens (tertiary/aromatic N) is 1. The largest absolute Gasteiger partial charge is 0.464 e. The van der Waals surface area contributed by atoms with Crippen LogP contribution in [0.5, 0.6) is 0 Å². The zero-order valence-corrected chi connectivity index (χ0v) is 9.35. The molecular weight excluding hydrogens is 200 g/mol. The number of carbonyl (C=O) groups is 1. The summed E-state index contributed by atoms with van der Waals surface area (Å²) < 4.78 is 4.64. The lowest BCUT2D eigenvalue weighted by molar-refractivity contribution is 0.0593. The summed E-state index contributed by atoms with van der Waals surface area (Å²) >= 11 is 1.74. The molecule has 1 aromatic heterocycles. The number of hydrogen-bond acceptors (Lipinski definition) is 4. The van der Waals surface area contributed by atoms with Crippen molar-refractivity contribution in [2.45, 2.75) is 12.8 Å². The van der Waals surface area contributed by atoms with Gasteiger partial charge >= 0.3 is 5.97 Å². The van der Waals surface area contributed by atoms with E-state index >= 15 is 0 Å². The van der Waals surface area contributed by atoms with Gasteiger partial charge in [0.1, 0.15) is 0 Å². The average Bonchev–Trinajstić information content (AvgIpc) is 2.65. The number of aromatic amines is 1. The van der Waals surface area contributed by atoms with Gasteiger partial charge in [-0.25, -0.2) is 9.78 Å². The number of carbonyl (C=O) groups excluding carboxylic acids is 1. The fraction of sp³-hybridized carbons (Fsp3) is 0.556. The lowest BCUT2D eigenvalue weighted by Gasteiger charge is -2.08. The Morgan fingerprint density at radius 1 is 1.79 bits per heavy atom. The molecule has 78 valence electrons. The number of ether oxygens (including phenoxy) is 1. The van der Waals surface area contributed by atoms with Gasteiger partial charge in [-0.15, -0.1) is 0 Å². The highest BCUT2D eigenvalue weighted by molar-refractivity contribution is 7.98. The third kappa shape index (κ3) is 2.29. The summed E-state index contributed by atoms with van der Waals surface area (Å²) in [6, 6.07) is 0. The molecule has 1 aromatic rings.